The first-order valence-corrected chi connectivity index (χ1v) is 4.95. The third-order valence-electron chi connectivity index (χ3n) is 2.32. The lowest BCUT2D eigenvalue weighted by Crippen LogP contribution is -2.16. The molecule has 0 radical (unpaired) electrons. The van der Waals surface area contributed by atoms with Crippen LogP contribution < -0.4 is 10.6 Å². The number of hydrogen-bond donors (Lipinski definition) is 1. The Balaban J connectivity index is 2.17. The van der Waals surface area contributed by atoms with Crippen LogP contribution >= 0.6 is 0 Å². The molecule has 3 nitrogen and oxygen atoms in total. The van der Waals surface area contributed by atoms with Crippen molar-refractivity contribution in [3.8, 4) is 0 Å². The summed E-state index contributed by atoms with van der Waals surface area (Å²) in [5.41, 5.74) is 6.73. The molecule has 84 valence electrons. The van der Waals surface area contributed by atoms with E-state index >= 15 is 0 Å². The maximum absolute atomic E-state index is 13.1. The maximum atomic E-state index is 13.1. The van der Waals surface area contributed by atoms with E-state index in [1.54, 1.807) is 12.3 Å². The predicted molar refractivity (Wildman–Crippen MR) is 61.6 cm³/mol. The Kier molecular flexibility index (Phi) is 2.81. The Hall–Kier alpha value is -1.97. The van der Waals surface area contributed by atoms with Crippen LogP contribution in [-0.2, 0) is 6.54 Å². The second-order valence-corrected chi connectivity index (χ2v) is 3.68. The number of nitrogens with zero attached hydrogens (tertiary/aromatic N) is 1. The number of rotatable bonds is 3. The van der Waals surface area contributed by atoms with E-state index in [0.29, 0.717) is 12.2 Å². The van der Waals surface area contributed by atoms with Gasteiger partial charge in [-0.05, 0) is 30.3 Å². The van der Waals surface area contributed by atoms with Gasteiger partial charge in [0.05, 0.1) is 12.8 Å². The zero-order chi connectivity index (χ0) is 11.5. The van der Waals surface area contributed by atoms with Crippen molar-refractivity contribution in [2.45, 2.75) is 6.54 Å². The quantitative estimate of drug-likeness (QED) is 0.808. The molecular formula is C12H13FN2O. The van der Waals surface area contributed by atoms with E-state index in [1.807, 2.05) is 24.1 Å². The Morgan fingerprint density at radius 3 is 2.81 bits per heavy atom. The Bertz CT molecular complexity index is 448. The number of nitrogens with two attached hydrogens (primary N) is 1. The van der Waals surface area contributed by atoms with E-state index in [4.69, 9.17) is 10.2 Å². The number of benzene rings is 1. The summed E-state index contributed by atoms with van der Waals surface area (Å²) in [6.45, 7) is 0.579. The Morgan fingerprint density at radius 1 is 1.38 bits per heavy atom. The lowest BCUT2D eigenvalue weighted by Gasteiger charge is -2.18. The zero-order valence-electron chi connectivity index (χ0n) is 8.98. The average Bonchev–Trinajstić information content (AvgIpc) is 2.68. The summed E-state index contributed by atoms with van der Waals surface area (Å²) in [6, 6.07) is 8.16. The van der Waals surface area contributed by atoms with Crippen molar-refractivity contribution in [1.82, 2.24) is 0 Å². The number of nitrogen functional groups attached to an aromatic ring is 1. The van der Waals surface area contributed by atoms with Gasteiger partial charge in [-0.3, -0.25) is 0 Å². The summed E-state index contributed by atoms with van der Waals surface area (Å²) in [5.74, 6) is 0.492. The van der Waals surface area contributed by atoms with Crippen molar-refractivity contribution < 1.29 is 8.81 Å². The molecule has 1 aromatic heterocycles. The summed E-state index contributed by atoms with van der Waals surface area (Å²) in [6.07, 6.45) is 1.61. The SMILES string of the molecule is CN(Cc1ccco1)c1cc(N)cc(F)c1. The first kappa shape index (κ1) is 10.5. The van der Waals surface area contributed by atoms with Gasteiger partial charge in [0.15, 0.2) is 0 Å². The van der Waals surface area contributed by atoms with Gasteiger partial charge >= 0.3 is 0 Å². The normalized spacial score (nSPS) is 10.4. The number of hydrogen-bond acceptors (Lipinski definition) is 3. The van der Waals surface area contributed by atoms with Gasteiger partial charge in [0.25, 0.3) is 0 Å². The number of furan rings is 1. The third-order valence-corrected chi connectivity index (χ3v) is 2.32. The Morgan fingerprint density at radius 2 is 2.19 bits per heavy atom. The third kappa shape index (κ3) is 2.34. The minimum Gasteiger partial charge on any atom is -0.467 e. The van der Waals surface area contributed by atoms with Crippen molar-refractivity contribution in [2.24, 2.45) is 0 Å². The fraction of sp³-hybridized carbons (Fsp3) is 0.167. The van der Waals surface area contributed by atoms with Crippen LogP contribution in [0.1, 0.15) is 5.76 Å². The van der Waals surface area contributed by atoms with Crippen LogP contribution in [0, 0.1) is 5.82 Å². The van der Waals surface area contributed by atoms with Crippen LogP contribution in [0.5, 0.6) is 0 Å². The van der Waals surface area contributed by atoms with E-state index in [-0.39, 0.29) is 5.82 Å². The molecule has 0 saturated heterocycles. The second kappa shape index (κ2) is 4.26. The fourth-order valence-corrected chi connectivity index (χ4v) is 1.54. The van der Waals surface area contributed by atoms with Gasteiger partial charge < -0.3 is 15.1 Å². The summed E-state index contributed by atoms with van der Waals surface area (Å²) in [4.78, 5) is 1.87. The highest BCUT2D eigenvalue weighted by Gasteiger charge is 2.06. The van der Waals surface area contributed by atoms with Crippen molar-refractivity contribution in [3.63, 3.8) is 0 Å². The number of halogens is 1. The van der Waals surface area contributed by atoms with Gasteiger partial charge in [-0.25, -0.2) is 4.39 Å². The highest BCUT2D eigenvalue weighted by Crippen LogP contribution is 2.20. The first-order valence-electron chi connectivity index (χ1n) is 4.95. The van der Waals surface area contributed by atoms with Crippen LogP contribution in [-0.4, -0.2) is 7.05 Å². The van der Waals surface area contributed by atoms with Crippen LogP contribution in [0.15, 0.2) is 41.0 Å². The van der Waals surface area contributed by atoms with E-state index < -0.39 is 0 Å². The van der Waals surface area contributed by atoms with Crippen molar-refractivity contribution >= 4 is 11.4 Å². The van der Waals surface area contributed by atoms with Crippen LogP contribution in [0.2, 0.25) is 0 Å². The summed E-state index contributed by atoms with van der Waals surface area (Å²) in [5, 5.41) is 0. The standard InChI is InChI=1S/C12H13FN2O/c1-15(8-12-3-2-4-16-12)11-6-9(13)5-10(14)7-11/h2-7H,8,14H2,1H3. The van der Waals surface area contributed by atoms with Crippen molar-refractivity contribution in [2.75, 3.05) is 17.7 Å². The van der Waals surface area contributed by atoms with E-state index in [1.165, 1.54) is 12.1 Å². The molecule has 0 fully saturated rings. The lowest BCUT2D eigenvalue weighted by molar-refractivity contribution is 0.507. The van der Waals surface area contributed by atoms with E-state index in [2.05, 4.69) is 0 Å². The molecule has 2 N–H and O–H groups in total. The molecule has 0 unspecified atom stereocenters. The van der Waals surface area contributed by atoms with E-state index in [9.17, 15) is 4.39 Å². The first-order chi connectivity index (χ1) is 7.65. The molecule has 0 atom stereocenters. The smallest absolute Gasteiger partial charge is 0.127 e. The summed E-state index contributed by atoms with van der Waals surface area (Å²) in [7, 11) is 1.86. The van der Waals surface area contributed by atoms with E-state index in [0.717, 1.165) is 11.4 Å². The van der Waals surface area contributed by atoms with Crippen molar-refractivity contribution in [3.05, 3.63) is 48.2 Å². The molecule has 4 heteroatoms. The highest BCUT2D eigenvalue weighted by atomic mass is 19.1. The predicted octanol–water partition coefficient (Wildman–Crippen LogP) is 2.64. The van der Waals surface area contributed by atoms with Gasteiger partial charge in [-0.2, -0.15) is 0 Å². The minimum atomic E-state index is -0.332. The lowest BCUT2D eigenvalue weighted by atomic mass is 10.2. The molecule has 0 aliphatic carbocycles. The fourth-order valence-electron chi connectivity index (χ4n) is 1.54. The van der Waals surface area contributed by atoms with Crippen LogP contribution in [0.25, 0.3) is 0 Å². The largest absolute Gasteiger partial charge is 0.467 e. The van der Waals surface area contributed by atoms with Gasteiger partial charge in [0.1, 0.15) is 11.6 Å². The molecule has 1 aromatic carbocycles. The van der Waals surface area contributed by atoms with Gasteiger partial charge in [-0.15, -0.1) is 0 Å². The minimum absolute atomic E-state index is 0.332. The molecule has 2 rings (SSSR count). The molecule has 0 bridgehead atoms. The summed E-state index contributed by atoms with van der Waals surface area (Å²) < 4.78 is 18.4. The monoisotopic (exact) mass is 220 g/mol. The number of anilines is 2. The van der Waals surface area contributed by atoms with Crippen LogP contribution in [0.4, 0.5) is 15.8 Å². The molecule has 0 aliphatic rings. The average molecular weight is 220 g/mol. The molecule has 0 spiro atoms. The molecular weight excluding hydrogens is 207 g/mol. The van der Waals surface area contributed by atoms with Gasteiger partial charge in [0.2, 0.25) is 0 Å². The molecule has 16 heavy (non-hydrogen) atoms. The molecule has 0 aliphatic heterocycles. The van der Waals surface area contributed by atoms with Gasteiger partial charge in [-0.1, -0.05) is 0 Å². The molecule has 2 aromatic rings. The molecule has 0 saturated carbocycles. The van der Waals surface area contributed by atoms with Crippen molar-refractivity contribution in [1.29, 1.82) is 0 Å². The van der Waals surface area contributed by atoms with Gasteiger partial charge in [0, 0.05) is 18.4 Å². The zero-order valence-corrected chi connectivity index (χ0v) is 8.98. The maximum Gasteiger partial charge on any atom is 0.127 e. The Labute approximate surface area is 93.3 Å². The second-order valence-electron chi connectivity index (χ2n) is 3.68. The summed E-state index contributed by atoms with van der Waals surface area (Å²) >= 11 is 0. The van der Waals surface area contributed by atoms with Crippen LogP contribution in [0.3, 0.4) is 0 Å². The highest BCUT2D eigenvalue weighted by molar-refractivity contribution is 5.56. The topological polar surface area (TPSA) is 42.4 Å². The molecule has 0 amide bonds. The molecule has 1 heterocycles.